The number of para-hydroxylation sites is 1. The highest BCUT2D eigenvalue weighted by Crippen LogP contribution is 2.05. The van der Waals surface area contributed by atoms with Gasteiger partial charge in [-0.15, -0.1) is 0 Å². The van der Waals surface area contributed by atoms with Crippen LogP contribution >= 0.6 is 0 Å². The van der Waals surface area contributed by atoms with Gasteiger partial charge >= 0.3 is 5.97 Å². The zero-order chi connectivity index (χ0) is 13.4. The third-order valence-electron chi connectivity index (χ3n) is 2.52. The molecule has 0 aliphatic rings. The van der Waals surface area contributed by atoms with Crippen LogP contribution in [0, 0.1) is 0 Å². The van der Waals surface area contributed by atoms with E-state index >= 15 is 0 Å². The second-order valence-electron chi connectivity index (χ2n) is 3.93. The highest BCUT2D eigenvalue weighted by atomic mass is 16.4. The summed E-state index contributed by atoms with van der Waals surface area (Å²) < 4.78 is 0. The van der Waals surface area contributed by atoms with Crippen molar-refractivity contribution in [1.29, 1.82) is 0 Å². The van der Waals surface area contributed by atoms with Gasteiger partial charge in [0.15, 0.2) is 0 Å². The molecule has 0 atom stereocenters. The van der Waals surface area contributed by atoms with Gasteiger partial charge in [0.25, 0.3) is 0 Å². The second kappa shape index (κ2) is 7.45. The van der Waals surface area contributed by atoms with Crippen molar-refractivity contribution in [2.24, 2.45) is 0 Å². The predicted molar refractivity (Wildman–Crippen MR) is 69.4 cm³/mol. The summed E-state index contributed by atoms with van der Waals surface area (Å²) in [7, 11) is 0. The maximum atomic E-state index is 11.6. The lowest BCUT2D eigenvalue weighted by Crippen LogP contribution is -2.32. The molecule has 1 aromatic rings. The van der Waals surface area contributed by atoms with Gasteiger partial charge in [0, 0.05) is 18.7 Å². The van der Waals surface area contributed by atoms with Crippen molar-refractivity contribution in [3.8, 4) is 0 Å². The van der Waals surface area contributed by atoms with Crippen molar-refractivity contribution in [2.75, 3.05) is 25.0 Å². The summed E-state index contributed by atoms with van der Waals surface area (Å²) in [5.74, 6) is -0.981. The Bertz CT molecular complexity index is 392. The Morgan fingerprint density at radius 3 is 2.50 bits per heavy atom. The first-order valence-electron chi connectivity index (χ1n) is 5.91. The van der Waals surface area contributed by atoms with Crippen molar-refractivity contribution in [2.45, 2.75) is 13.3 Å². The average molecular weight is 250 g/mol. The largest absolute Gasteiger partial charge is 0.480 e. The Labute approximate surface area is 106 Å². The quantitative estimate of drug-likeness (QED) is 0.768. The van der Waals surface area contributed by atoms with Gasteiger partial charge in [-0.1, -0.05) is 25.1 Å². The van der Waals surface area contributed by atoms with Crippen molar-refractivity contribution >= 4 is 17.6 Å². The molecule has 5 nitrogen and oxygen atoms in total. The molecule has 0 bridgehead atoms. The number of likely N-dealkylation sites (N-methyl/N-ethyl adjacent to an activating group) is 1. The summed E-state index contributed by atoms with van der Waals surface area (Å²) >= 11 is 0. The smallest absolute Gasteiger partial charge is 0.317 e. The van der Waals surface area contributed by atoms with E-state index in [0.717, 1.165) is 5.69 Å². The number of hydrogen-bond donors (Lipinski definition) is 2. The van der Waals surface area contributed by atoms with Crippen LogP contribution in [-0.4, -0.2) is 41.5 Å². The van der Waals surface area contributed by atoms with E-state index in [1.54, 1.807) is 4.90 Å². The number of carboxylic acid groups (broad SMARTS) is 1. The maximum absolute atomic E-state index is 11.6. The van der Waals surface area contributed by atoms with Gasteiger partial charge < -0.3 is 10.4 Å². The fraction of sp³-hybridized carbons (Fsp3) is 0.385. The van der Waals surface area contributed by atoms with Gasteiger partial charge in [0.2, 0.25) is 5.91 Å². The zero-order valence-corrected chi connectivity index (χ0v) is 10.4. The molecule has 1 aromatic carbocycles. The third-order valence-corrected chi connectivity index (χ3v) is 2.52. The summed E-state index contributed by atoms with van der Waals surface area (Å²) in [6, 6.07) is 9.19. The Balaban J connectivity index is 2.34. The van der Waals surface area contributed by atoms with E-state index in [2.05, 4.69) is 5.32 Å². The van der Waals surface area contributed by atoms with E-state index in [-0.39, 0.29) is 18.9 Å². The van der Waals surface area contributed by atoms with Crippen LogP contribution in [0.2, 0.25) is 0 Å². The minimum absolute atomic E-state index is 0.0326. The first kappa shape index (κ1) is 14.2. The summed E-state index contributed by atoms with van der Waals surface area (Å²) in [5, 5.41) is 11.4. The molecule has 0 aliphatic carbocycles. The van der Waals surface area contributed by atoms with Crippen LogP contribution in [0.25, 0.3) is 0 Å². The molecule has 0 saturated carbocycles. The molecule has 0 radical (unpaired) electrons. The number of aliphatic carboxylic acids is 1. The van der Waals surface area contributed by atoms with E-state index in [4.69, 9.17) is 5.11 Å². The van der Waals surface area contributed by atoms with E-state index in [9.17, 15) is 9.59 Å². The SMILES string of the molecule is CCN(CCC(=O)Nc1ccccc1)CC(=O)O. The topological polar surface area (TPSA) is 69.6 Å². The van der Waals surface area contributed by atoms with Crippen LogP contribution in [0.15, 0.2) is 30.3 Å². The second-order valence-corrected chi connectivity index (χ2v) is 3.93. The van der Waals surface area contributed by atoms with Gasteiger partial charge in [-0.2, -0.15) is 0 Å². The first-order chi connectivity index (χ1) is 8.61. The average Bonchev–Trinajstić information content (AvgIpc) is 2.35. The number of carboxylic acids is 1. The summed E-state index contributed by atoms with van der Waals surface area (Å²) in [6.45, 7) is 2.90. The molecular formula is C13H18N2O3. The van der Waals surface area contributed by atoms with Crippen LogP contribution in [0.5, 0.6) is 0 Å². The number of carbonyl (C=O) groups is 2. The number of amides is 1. The molecule has 18 heavy (non-hydrogen) atoms. The molecule has 0 aromatic heterocycles. The van der Waals surface area contributed by atoms with E-state index in [1.807, 2.05) is 37.3 Å². The standard InChI is InChI=1S/C13H18N2O3/c1-2-15(10-13(17)18)9-8-12(16)14-11-6-4-3-5-7-11/h3-7H,2,8-10H2,1H3,(H,14,16)(H,17,18). The molecule has 0 fully saturated rings. The van der Waals surface area contributed by atoms with Gasteiger partial charge in [-0.05, 0) is 18.7 Å². The molecule has 0 saturated heterocycles. The lowest BCUT2D eigenvalue weighted by atomic mass is 10.3. The summed E-state index contributed by atoms with van der Waals surface area (Å²) in [5.41, 5.74) is 0.754. The Hall–Kier alpha value is -1.88. The van der Waals surface area contributed by atoms with Gasteiger partial charge in [0.05, 0.1) is 6.54 Å². The van der Waals surface area contributed by atoms with Crippen LogP contribution in [0.1, 0.15) is 13.3 Å². The zero-order valence-electron chi connectivity index (χ0n) is 10.4. The van der Waals surface area contributed by atoms with Crippen LogP contribution in [0.3, 0.4) is 0 Å². The Morgan fingerprint density at radius 2 is 1.94 bits per heavy atom. The molecule has 2 N–H and O–H groups in total. The Kier molecular flexibility index (Phi) is 5.87. The van der Waals surface area contributed by atoms with Crippen LogP contribution < -0.4 is 5.32 Å². The van der Waals surface area contributed by atoms with Gasteiger partial charge in [-0.25, -0.2) is 0 Å². The number of nitrogens with one attached hydrogen (secondary N) is 1. The summed E-state index contributed by atoms with van der Waals surface area (Å²) in [6.07, 6.45) is 0.288. The normalized spacial score (nSPS) is 10.3. The monoisotopic (exact) mass is 250 g/mol. The highest BCUT2D eigenvalue weighted by Gasteiger charge is 2.09. The molecule has 98 valence electrons. The number of nitrogens with zero attached hydrogens (tertiary/aromatic N) is 1. The number of carbonyl (C=O) groups excluding carboxylic acids is 1. The number of rotatable bonds is 7. The van der Waals surface area contributed by atoms with E-state index < -0.39 is 5.97 Å². The molecule has 0 heterocycles. The van der Waals surface area contributed by atoms with Crippen LogP contribution in [-0.2, 0) is 9.59 Å². The number of anilines is 1. The number of hydrogen-bond acceptors (Lipinski definition) is 3. The Morgan fingerprint density at radius 1 is 1.28 bits per heavy atom. The molecule has 0 aliphatic heterocycles. The van der Waals surface area contributed by atoms with E-state index in [1.165, 1.54) is 0 Å². The van der Waals surface area contributed by atoms with Crippen molar-refractivity contribution in [1.82, 2.24) is 4.90 Å². The van der Waals surface area contributed by atoms with Gasteiger partial charge in [0.1, 0.15) is 0 Å². The van der Waals surface area contributed by atoms with E-state index in [0.29, 0.717) is 13.1 Å². The minimum Gasteiger partial charge on any atom is -0.480 e. The lowest BCUT2D eigenvalue weighted by Gasteiger charge is -2.17. The van der Waals surface area contributed by atoms with Crippen LogP contribution in [0.4, 0.5) is 5.69 Å². The molecule has 5 heteroatoms. The van der Waals surface area contributed by atoms with Crippen molar-refractivity contribution < 1.29 is 14.7 Å². The van der Waals surface area contributed by atoms with Crippen molar-refractivity contribution in [3.63, 3.8) is 0 Å². The molecule has 1 amide bonds. The lowest BCUT2D eigenvalue weighted by molar-refractivity contribution is -0.138. The fourth-order valence-electron chi connectivity index (χ4n) is 1.54. The third kappa shape index (κ3) is 5.45. The number of benzene rings is 1. The molecule has 0 spiro atoms. The first-order valence-corrected chi connectivity index (χ1v) is 5.91. The fourth-order valence-corrected chi connectivity index (χ4v) is 1.54. The molecule has 1 rings (SSSR count). The maximum Gasteiger partial charge on any atom is 0.317 e. The minimum atomic E-state index is -0.875. The predicted octanol–water partition coefficient (Wildman–Crippen LogP) is 1.42. The summed E-state index contributed by atoms with van der Waals surface area (Å²) in [4.78, 5) is 23.9. The van der Waals surface area contributed by atoms with Crippen molar-refractivity contribution in [3.05, 3.63) is 30.3 Å². The van der Waals surface area contributed by atoms with Gasteiger partial charge in [-0.3, -0.25) is 14.5 Å². The molecule has 0 unspecified atom stereocenters. The highest BCUT2D eigenvalue weighted by molar-refractivity contribution is 5.90. The molecular weight excluding hydrogens is 232 g/mol.